The molecule has 0 radical (unpaired) electrons. The molecule has 1 aliphatic heterocycles. The lowest BCUT2D eigenvalue weighted by Crippen LogP contribution is -2.25. The van der Waals surface area contributed by atoms with Crippen molar-refractivity contribution >= 4 is 28.9 Å². The van der Waals surface area contributed by atoms with Gasteiger partial charge in [-0.1, -0.05) is 17.7 Å². The number of hydrogen-bond donors (Lipinski definition) is 2. The number of aliphatic hydroxyl groups is 1. The Morgan fingerprint density at radius 2 is 2.31 bits per heavy atom. The molecule has 3 N–H and O–H groups in total. The van der Waals surface area contributed by atoms with E-state index in [1.807, 2.05) is 0 Å². The van der Waals surface area contributed by atoms with Crippen molar-refractivity contribution in [2.24, 2.45) is 5.92 Å². The summed E-state index contributed by atoms with van der Waals surface area (Å²) in [5.74, 6) is -0.0288. The predicted octanol–water partition coefficient (Wildman–Crippen LogP) is 1.27. The number of rotatable bonds is 2. The fourth-order valence-corrected chi connectivity index (χ4v) is 2.07. The highest BCUT2D eigenvalue weighted by Crippen LogP contribution is 2.33. The van der Waals surface area contributed by atoms with Crippen molar-refractivity contribution in [2.45, 2.75) is 6.42 Å². The van der Waals surface area contributed by atoms with Crippen LogP contribution < -0.4 is 10.6 Å². The maximum absolute atomic E-state index is 11.7. The summed E-state index contributed by atoms with van der Waals surface area (Å²) < 4.78 is 0. The predicted molar refractivity (Wildman–Crippen MR) is 63.4 cm³/mol. The smallest absolute Gasteiger partial charge is 0.227 e. The van der Waals surface area contributed by atoms with Gasteiger partial charge in [0.25, 0.3) is 0 Å². The van der Waals surface area contributed by atoms with Crippen LogP contribution in [0.2, 0.25) is 5.02 Å². The van der Waals surface area contributed by atoms with Crippen LogP contribution >= 0.6 is 11.6 Å². The third kappa shape index (κ3) is 1.86. The van der Waals surface area contributed by atoms with Gasteiger partial charge in [0.2, 0.25) is 5.91 Å². The number of carbonyl (C=O) groups is 1. The summed E-state index contributed by atoms with van der Waals surface area (Å²) in [6.07, 6.45) is 0.364. The molecule has 1 amide bonds. The maximum Gasteiger partial charge on any atom is 0.227 e. The highest BCUT2D eigenvalue weighted by molar-refractivity contribution is 6.33. The van der Waals surface area contributed by atoms with Crippen LogP contribution in [0.4, 0.5) is 11.4 Å². The van der Waals surface area contributed by atoms with Gasteiger partial charge >= 0.3 is 0 Å². The number of nitrogens with two attached hydrogens (primary N) is 1. The van der Waals surface area contributed by atoms with E-state index in [1.165, 1.54) is 0 Å². The Kier molecular flexibility index (Phi) is 3.03. The lowest BCUT2D eigenvalue weighted by molar-refractivity contribution is -0.117. The van der Waals surface area contributed by atoms with Gasteiger partial charge in [-0.25, -0.2) is 0 Å². The topological polar surface area (TPSA) is 66.6 Å². The monoisotopic (exact) mass is 240 g/mol. The summed E-state index contributed by atoms with van der Waals surface area (Å²) in [5.41, 5.74) is 6.87. The molecule has 0 aromatic heterocycles. The largest absolute Gasteiger partial charge is 0.396 e. The number of amides is 1. The molecule has 0 aliphatic carbocycles. The first-order valence-corrected chi connectivity index (χ1v) is 5.46. The molecule has 1 fully saturated rings. The van der Waals surface area contributed by atoms with Crippen molar-refractivity contribution < 1.29 is 9.90 Å². The van der Waals surface area contributed by atoms with Crippen molar-refractivity contribution in [2.75, 3.05) is 23.8 Å². The zero-order valence-electron chi connectivity index (χ0n) is 8.69. The number of hydrogen-bond acceptors (Lipinski definition) is 3. The summed E-state index contributed by atoms with van der Waals surface area (Å²) in [5, 5.41) is 9.48. The average molecular weight is 241 g/mol. The van der Waals surface area contributed by atoms with Crippen molar-refractivity contribution in [3.63, 3.8) is 0 Å². The molecule has 2 rings (SSSR count). The van der Waals surface area contributed by atoms with E-state index in [1.54, 1.807) is 23.1 Å². The van der Waals surface area contributed by atoms with Gasteiger partial charge in [0.1, 0.15) is 0 Å². The molecule has 1 aromatic rings. The van der Waals surface area contributed by atoms with Gasteiger partial charge < -0.3 is 15.7 Å². The van der Waals surface area contributed by atoms with Crippen LogP contribution in [-0.4, -0.2) is 24.2 Å². The van der Waals surface area contributed by atoms with Crippen molar-refractivity contribution in [1.29, 1.82) is 0 Å². The molecule has 1 unspecified atom stereocenters. The van der Waals surface area contributed by atoms with Crippen molar-refractivity contribution in [1.82, 2.24) is 0 Å². The number of aliphatic hydroxyl groups excluding tert-OH is 1. The van der Waals surface area contributed by atoms with Crippen LogP contribution in [0.1, 0.15) is 6.42 Å². The van der Waals surface area contributed by atoms with Gasteiger partial charge in [0, 0.05) is 25.5 Å². The maximum atomic E-state index is 11.7. The molecule has 1 aromatic carbocycles. The highest BCUT2D eigenvalue weighted by atomic mass is 35.5. The molecule has 0 spiro atoms. The molecule has 1 saturated heterocycles. The lowest BCUT2D eigenvalue weighted by Gasteiger charge is -2.19. The number of nitrogens with zero attached hydrogens (tertiary/aromatic N) is 1. The Morgan fingerprint density at radius 1 is 1.56 bits per heavy atom. The normalized spacial score (nSPS) is 20.5. The minimum absolute atomic E-state index is 0.00844. The van der Waals surface area contributed by atoms with E-state index in [2.05, 4.69) is 0 Å². The molecule has 86 valence electrons. The van der Waals surface area contributed by atoms with Crippen LogP contribution in [0, 0.1) is 5.92 Å². The molecule has 5 heteroatoms. The van der Waals surface area contributed by atoms with Gasteiger partial charge in [-0.05, 0) is 12.1 Å². The van der Waals surface area contributed by atoms with Crippen LogP contribution in [-0.2, 0) is 4.79 Å². The summed E-state index contributed by atoms with van der Waals surface area (Å²) in [4.78, 5) is 13.3. The van der Waals surface area contributed by atoms with Crippen LogP contribution in [0.3, 0.4) is 0 Å². The second-order valence-corrected chi connectivity index (χ2v) is 4.34. The number of anilines is 2. The fraction of sp³-hybridized carbons (Fsp3) is 0.364. The molecule has 4 nitrogen and oxygen atoms in total. The zero-order valence-corrected chi connectivity index (χ0v) is 9.44. The highest BCUT2D eigenvalue weighted by Gasteiger charge is 2.31. The Morgan fingerprint density at radius 3 is 2.94 bits per heavy atom. The Hall–Kier alpha value is -1.26. The Labute approximate surface area is 98.6 Å². The van der Waals surface area contributed by atoms with E-state index in [0.29, 0.717) is 29.4 Å². The molecular weight excluding hydrogens is 228 g/mol. The zero-order chi connectivity index (χ0) is 11.7. The molecule has 16 heavy (non-hydrogen) atoms. The molecule has 1 atom stereocenters. The van der Waals surface area contributed by atoms with Gasteiger partial charge in [-0.3, -0.25) is 4.79 Å². The van der Waals surface area contributed by atoms with E-state index in [0.717, 1.165) is 0 Å². The van der Waals surface area contributed by atoms with Crippen LogP contribution in [0.5, 0.6) is 0 Å². The van der Waals surface area contributed by atoms with E-state index < -0.39 is 0 Å². The lowest BCUT2D eigenvalue weighted by atomic mass is 10.1. The van der Waals surface area contributed by atoms with Crippen LogP contribution in [0.25, 0.3) is 0 Å². The molecule has 0 saturated carbocycles. The van der Waals surface area contributed by atoms with Crippen molar-refractivity contribution in [3.8, 4) is 0 Å². The number of para-hydroxylation sites is 1. The quantitative estimate of drug-likeness (QED) is 0.765. The SMILES string of the molecule is Nc1c(Cl)cccc1N1CC(CO)CC1=O. The first-order chi connectivity index (χ1) is 7.63. The summed E-state index contributed by atoms with van der Waals surface area (Å²) in [6.45, 7) is 0.516. The van der Waals surface area contributed by atoms with Gasteiger partial charge in [0.05, 0.1) is 16.4 Å². The molecule has 0 bridgehead atoms. The minimum Gasteiger partial charge on any atom is -0.396 e. The fourth-order valence-electron chi connectivity index (χ4n) is 1.90. The Balaban J connectivity index is 2.31. The summed E-state index contributed by atoms with van der Waals surface area (Å²) in [6, 6.07) is 5.21. The minimum atomic E-state index is -0.0204. The second-order valence-electron chi connectivity index (χ2n) is 3.93. The number of nitrogen functional groups attached to an aromatic ring is 1. The number of halogens is 1. The second kappa shape index (κ2) is 4.31. The first kappa shape index (κ1) is 11.2. The van der Waals surface area contributed by atoms with E-state index >= 15 is 0 Å². The third-order valence-corrected chi connectivity index (χ3v) is 3.11. The number of benzene rings is 1. The standard InChI is InChI=1S/C11H13ClN2O2/c12-8-2-1-3-9(11(8)13)14-5-7(6-15)4-10(14)16/h1-3,7,15H,4-6,13H2. The van der Waals surface area contributed by atoms with Gasteiger partial charge in [-0.2, -0.15) is 0 Å². The summed E-state index contributed by atoms with van der Waals surface area (Å²) in [7, 11) is 0. The van der Waals surface area contributed by atoms with E-state index in [9.17, 15) is 4.79 Å². The van der Waals surface area contributed by atoms with Gasteiger partial charge in [-0.15, -0.1) is 0 Å². The van der Waals surface area contributed by atoms with Gasteiger partial charge in [0.15, 0.2) is 0 Å². The molecule has 1 heterocycles. The number of carbonyl (C=O) groups excluding carboxylic acids is 1. The van der Waals surface area contributed by atoms with E-state index in [-0.39, 0.29) is 18.4 Å². The van der Waals surface area contributed by atoms with E-state index in [4.69, 9.17) is 22.4 Å². The molecular formula is C11H13ClN2O2. The first-order valence-electron chi connectivity index (χ1n) is 5.08. The van der Waals surface area contributed by atoms with Crippen LogP contribution in [0.15, 0.2) is 18.2 Å². The van der Waals surface area contributed by atoms with Crippen molar-refractivity contribution in [3.05, 3.63) is 23.2 Å². The summed E-state index contributed by atoms with van der Waals surface area (Å²) >= 11 is 5.90. The molecule has 1 aliphatic rings. The third-order valence-electron chi connectivity index (χ3n) is 2.78. The average Bonchev–Trinajstić information content (AvgIpc) is 2.64. The Bertz CT molecular complexity index is 422.